The first-order chi connectivity index (χ1) is 11.1. The van der Waals surface area contributed by atoms with Gasteiger partial charge in [-0.2, -0.15) is 0 Å². The number of halogens is 2. The Morgan fingerprint density at radius 3 is 2.52 bits per heavy atom. The average molecular weight is 370 g/mol. The molecule has 0 radical (unpaired) electrons. The molecule has 0 aromatic heterocycles. The SMILES string of the molecule is COCCNC(=S)c1ccc(OCc2ccc(Cl)cc2)c(Cl)c1. The summed E-state index contributed by atoms with van der Waals surface area (Å²) in [5, 5.41) is 4.32. The molecule has 0 aliphatic carbocycles. The summed E-state index contributed by atoms with van der Waals surface area (Å²) in [6.45, 7) is 1.67. The molecule has 6 heteroatoms. The highest BCUT2D eigenvalue weighted by molar-refractivity contribution is 7.80. The Bertz CT molecular complexity index is 662. The number of nitrogens with one attached hydrogen (secondary N) is 1. The van der Waals surface area contributed by atoms with Gasteiger partial charge in [0.1, 0.15) is 17.3 Å². The lowest BCUT2D eigenvalue weighted by molar-refractivity contribution is 0.204. The maximum Gasteiger partial charge on any atom is 0.138 e. The van der Waals surface area contributed by atoms with Gasteiger partial charge < -0.3 is 14.8 Å². The van der Waals surface area contributed by atoms with Gasteiger partial charge in [-0.15, -0.1) is 0 Å². The first-order valence-electron chi connectivity index (χ1n) is 7.04. The molecule has 0 saturated carbocycles. The van der Waals surface area contributed by atoms with Gasteiger partial charge in [0.05, 0.1) is 11.6 Å². The van der Waals surface area contributed by atoms with E-state index < -0.39 is 0 Å². The third-order valence-corrected chi connectivity index (χ3v) is 4.02. The highest BCUT2D eigenvalue weighted by Crippen LogP contribution is 2.26. The third-order valence-electron chi connectivity index (χ3n) is 3.09. The first kappa shape index (κ1) is 18.0. The standard InChI is InChI=1S/C17H17Cl2NO2S/c1-21-9-8-20-17(23)13-4-7-16(15(19)10-13)22-11-12-2-5-14(18)6-3-12/h2-7,10H,8-9,11H2,1H3,(H,20,23). The van der Waals surface area contributed by atoms with Gasteiger partial charge in [-0.3, -0.25) is 0 Å². The number of thiocarbonyl (C=S) groups is 1. The van der Waals surface area contributed by atoms with Crippen LogP contribution in [0.15, 0.2) is 42.5 Å². The van der Waals surface area contributed by atoms with Crippen molar-refractivity contribution in [1.82, 2.24) is 5.32 Å². The molecule has 0 bridgehead atoms. The van der Waals surface area contributed by atoms with Gasteiger partial charge >= 0.3 is 0 Å². The topological polar surface area (TPSA) is 30.5 Å². The molecule has 2 aromatic rings. The molecule has 0 fully saturated rings. The minimum absolute atomic E-state index is 0.423. The molecule has 2 rings (SSSR count). The third kappa shape index (κ3) is 5.66. The predicted molar refractivity (Wildman–Crippen MR) is 98.8 cm³/mol. The van der Waals surface area contributed by atoms with E-state index in [1.165, 1.54) is 0 Å². The maximum absolute atomic E-state index is 6.27. The van der Waals surface area contributed by atoms with E-state index in [0.29, 0.717) is 40.5 Å². The first-order valence-corrected chi connectivity index (χ1v) is 8.20. The Morgan fingerprint density at radius 2 is 1.87 bits per heavy atom. The van der Waals surface area contributed by atoms with Crippen molar-refractivity contribution in [2.45, 2.75) is 6.61 Å². The summed E-state index contributed by atoms with van der Waals surface area (Å²) in [7, 11) is 1.65. The number of rotatable bonds is 7. The summed E-state index contributed by atoms with van der Waals surface area (Å²) in [5.74, 6) is 0.616. The molecule has 0 aliphatic rings. The molecule has 1 N–H and O–H groups in total. The van der Waals surface area contributed by atoms with Crippen LogP contribution in [0.25, 0.3) is 0 Å². The molecule has 0 unspecified atom stereocenters. The van der Waals surface area contributed by atoms with Crippen LogP contribution in [-0.4, -0.2) is 25.2 Å². The maximum atomic E-state index is 6.27. The minimum Gasteiger partial charge on any atom is -0.487 e. The van der Waals surface area contributed by atoms with Crippen LogP contribution in [0.4, 0.5) is 0 Å². The van der Waals surface area contributed by atoms with Gasteiger partial charge in [0.2, 0.25) is 0 Å². The summed E-state index contributed by atoms with van der Waals surface area (Å²) >= 11 is 17.4. The van der Waals surface area contributed by atoms with Gasteiger partial charge in [-0.1, -0.05) is 47.6 Å². The van der Waals surface area contributed by atoms with Crippen LogP contribution in [0.2, 0.25) is 10.0 Å². The molecule has 0 amide bonds. The Hall–Kier alpha value is -1.33. The van der Waals surface area contributed by atoms with E-state index in [2.05, 4.69) is 5.32 Å². The summed E-state index contributed by atoms with van der Waals surface area (Å²) in [6.07, 6.45) is 0. The number of hydrogen-bond donors (Lipinski definition) is 1. The van der Waals surface area contributed by atoms with Crippen molar-refractivity contribution in [3.63, 3.8) is 0 Å². The summed E-state index contributed by atoms with van der Waals surface area (Å²) in [4.78, 5) is 0.633. The quantitative estimate of drug-likeness (QED) is 0.575. The number of methoxy groups -OCH3 is 1. The van der Waals surface area contributed by atoms with Gasteiger partial charge in [0, 0.05) is 24.2 Å². The lowest BCUT2D eigenvalue weighted by Gasteiger charge is -2.11. The van der Waals surface area contributed by atoms with Gasteiger partial charge in [0.25, 0.3) is 0 Å². The fraction of sp³-hybridized carbons (Fsp3) is 0.235. The fourth-order valence-electron chi connectivity index (χ4n) is 1.87. The molecule has 0 spiro atoms. The second kappa shape index (κ2) is 9.08. The Morgan fingerprint density at radius 1 is 1.13 bits per heavy atom. The number of hydrogen-bond acceptors (Lipinski definition) is 3. The molecule has 122 valence electrons. The molecular formula is C17H17Cl2NO2S. The van der Waals surface area contributed by atoms with Gasteiger partial charge in [-0.05, 0) is 35.9 Å². The van der Waals surface area contributed by atoms with E-state index in [-0.39, 0.29) is 0 Å². The second-order valence-corrected chi connectivity index (χ2v) is 6.06. The lowest BCUT2D eigenvalue weighted by Crippen LogP contribution is -2.25. The van der Waals surface area contributed by atoms with Crippen LogP contribution in [0.5, 0.6) is 5.75 Å². The molecule has 0 aliphatic heterocycles. The molecular weight excluding hydrogens is 353 g/mol. The fourth-order valence-corrected chi connectivity index (χ4v) is 2.46. The van der Waals surface area contributed by atoms with E-state index >= 15 is 0 Å². The van der Waals surface area contributed by atoms with Crippen molar-refractivity contribution < 1.29 is 9.47 Å². The number of benzene rings is 2. The van der Waals surface area contributed by atoms with E-state index in [9.17, 15) is 0 Å². The highest BCUT2D eigenvalue weighted by atomic mass is 35.5. The Labute approximate surface area is 151 Å². The number of ether oxygens (including phenoxy) is 2. The summed E-state index contributed by atoms with van der Waals surface area (Å²) < 4.78 is 10.7. The van der Waals surface area contributed by atoms with E-state index in [4.69, 9.17) is 44.9 Å². The van der Waals surface area contributed by atoms with Crippen molar-refractivity contribution in [2.24, 2.45) is 0 Å². The molecule has 0 heterocycles. The van der Waals surface area contributed by atoms with Crippen molar-refractivity contribution in [3.8, 4) is 5.75 Å². The summed E-state index contributed by atoms with van der Waals surface area (Å²) in [6, 6.07) is 13.0. The average Bonchev–Trinajstić information content (AvgIpc) is 2.55. The molecule has 3 nitrogen and oxygen atoms in total. The van der Waals surface area contributed by atoms with Crippen molar-refractivity contribution in [3.05, 3.63) is 63.6 Å². The normalized spacial score (nSPS) is 10.4. The van der Waals surface area contributed by atoms with Crippen LogP contribution in [0.1, 0.15) is 11.1 Å². The van der Waals surface area contributed by atoms with Crippen molar-refractivity contribution in [2.75, 3.05) is 20.3 Å². The van der Waals surface area contributed by atoms with Crippen LogP contribution >= 0.6 is 35.4 Å². The largest absolute Gasteiger partial charge is 0.487 e. The molecule has 0 atom stereocenters. The van der Waals surface area contributed by atoms with Gasteiger partial charge in [0.15, 0.2) is 0 Å². The smallest absolute Gasteiger partial charge is 0.138 e. The zero-order valence-electron chi connectivity index (χ0n) is 12.6. The van der Waals surface area contributed by atoms with Crippen LogP contribution in [0, 0.1) is 0 Å². The second-order valence-electron chi connectivity index (χ2n) is 4.81. The molecule has 0 saturated heterocycles. The van der Waals surface area contributed by atoms with E-state index in [0.717, 1.165) is 11.1 Å². The predicted octanol–water partition coefficient (Wildman–Crippen LogP) is 4.48. The molecule has 2 aromatic carbocycles. The molecule has 23 heavy (non-hydrogen) atoms. The zero-order chi connectivity index (χ0) is 16.7. The Kier molecular flexibility index (Phi) is 7.12. The highest BCUT2D eigenvalue weighted by Gasteiger charge is 2.07. The van der Waals surface area contributed by atoms with Crippen LogP contribution in [-0.2, 0) is 11.3 Å². The van der Waals surface area contributed by atoms with E-state index in [1.54, 1.807) is 13.2 Å². The van der Waals surface area contributed by atoms with Crippen molar-refractivity contribution >= 4 is 40.4 Å². The lowest BCUT2D eigenvalue weighted by atomic mass is 10.2. The Balaban J connectivity index is 1.96. The van der Waals surface area contributed by atoms with Crippen molar-refractivity contribution in [1.29, 1.82) is 0 Å². The monoisotopic (exact) mass is 369 g/mol. The van der Waals surface area contributed by atoms with Crippen LogP contribution < -0.4 is 10.1 Å². The van der Waals surface area contributed by atoms with Crippen LogP contribution in [0.3, 0.4) is 0 Å². The summed E-state index contributed by atoms with van der Waals surface area (Å²) in [5.41, 5.74) is 1.87. The van der Waals surface area contributed by atoms with Gasteiger partial charge in [-0.25, -0.2) is 0 Å². The van der Waals surface area contributed by atoms with E-state index in [1.807, 2.05) is 36.4 Å². The zero-order valence-corrected chi connectivity index (χ0v) is 15.0. The minimum atomic E-state index is 0.423.